The van der Waals surface area contributed by atoms with Crippen molar-refractivity contribution in [3.8, 4) is 0 Å². The predicted octanol–water partition coefficient (Wildman–Crippen LogP) is 2.58. The maximum Gasteiger partial charge on any atom is 0.424 e. The van der Waals surface area contributed by atoms with Crippen LogP contribution in [0.2, 0.25) is 0 Å². The fourth-order valence-corrected chi connectivity index (χ4v) is 4.89. The molecule has 2 heterocycles. The van der Waals surface area contributed by atoms with Crippen molar-refractivity contribution in [3.05, 3.63) is 53.7 Å². The third kappa shape index (κ3) is 5.31. The van der Waals surface area contributed by atoms with E-state index >= 15 is 0 Å². The number of sulfonamides is 1. The largest absolute Gasteiger partial charge is 0.463 e. The van der Waals surface area contributed by atoms with Crippen molar-refractivity contribution >= 4 is 16.1 Å². The summed E-state index contributed by atoms with van der Waals surface area (Å²) in [7, 11) is -3.95. The molecule has 0 spiro atoms. The first-order valence-corrected chi connectivity index (χ1v) is 11.4. The lowest BCUT2D eigenvalue weighted by molar-refractivity contribution is -0.274. The summed E-state index contributed by atoms with van der Waals surface area (Å²) in [6.45, 7) is 0.782. The van der Waals surface area contributed by atoms with E-state index in [1.54, 1.807) is 0 Å². The molecular weight excluding hydrogens is 470 g/mol. The van der Waals surface area contributed by atoms with Gasteiger partial charge in [0.05, 0.1) is 4.90 Å². The molecule has 8 nitrogen and oxygen atoms in total. The Balaban J connectivity index is 1.56. The Morgan fingerprint density at radius 2 is 1.82 bits per heavy atom. The lowest BCUT2D eigenvalue weighted by atomic mass is 9.96. The van der Waals surface area contributed by atoms with E-state index in [0.717, 1.165) is 22.5 Å². The lowest BCUT2D eigenvalue weighted by Crippen LogP contribution is -2.53. The van der Waals surface area contributed by atoms with Crippen LogP contribution in [0.3, 0.4) is 0 Å². The molecule has 2 amide bonds. The molecule has 33 heavy (non-hydrogen) atoms. The van der Waals surface area contributed by atoms with Crippen LogP contribution in [0, 0.1) is 12.7 Å². The third-order valence-corrected chi connectivity index (χ3v) is 7.23. The fraction of sp³-hybridized carbons (Fsp3) is 0.450. The van der Waals surface area contributed by atoms with E-state index in [0.29, 0.717) is 0 Å². The zero-order valence-corrected chi connectivity index (χ0v) is 18.4. The number of alkyl halides is 3. The molecule has 13 heteroatoms. The first-order valence-electron chi connectivity index (χ1n) is 9.99. The van der Waals surface area contributed by atoms with E-state index in [4.69, 9.17) is 4.42 Å². The van der Waals surface area contributed by atoms with Gasteiger partial charge in [-0.15, -0.1) is 0 Å². The Kier molecular flexibility index (Phi) is 7.05. The summed E-state index contributed by atoms with van der Waals surface area (Å²) in [4.78, 5) is 13.4. The number of nitrogens with one attached hydrogen (secondary N) is 1. The maximum absolute atomic E-state index is 13.5. The Bertz CT molecular complexity index is 1100. The van der Waals surface area contributed by atoms with Crippen molar-refractivity contribution in [2.45, 2.75) is 30.0 Å². The van der Waals surface area contributed by atoms with E-state index < -0.39 is 52.4 Å². The van der Waals surface area contributed by atoms with Crippen molar-refractivity contribution < 1.29 is 40.3 Å². The number of amides is 2. The number of hydrogen-bond acceptors (Lipinski definition) is 5. The van der Waals surface area contributed by atoms with Crippen LogP contribution in [0.1, 0.15) is 17.9 Å². The number of urea groups is 1. The summed E-state index contributed by atoms with van der Waals surface area (Å²) in [5.41, 5.74) is -3.27. The minimum absolute atomic E-state index is 0.0126. The van der Waals surface area contributed by atoms with Gasteiger partial charge in [0.1, 0.15) is 17.3 Å². The number of aryl methyl sites for hydroxylation is 1. The van der Waals surface area contributed by atoms with Gasteiger partial charge in [-0.2, -0.15) is 17.5 Å². The fourth-order valence-electron chi connectivity index (χ4n) is 3.43. The molecule has 2 N–H and O–H groups in total. The quantitative estimate of drug-likeness (QED) is 0.603. The van der Waals surface area contributed by atoms with Crippen molar-refractivity contribution in [1.82, 2.24) is 14.5 Å². The van der Waals surface area contributed by atoms with E-state index in [-0.39, 0.29) is 36.8 Å². The number of carbonyl (C=O) groups excluding carboxylic acids is 1. The molecule has 1 saturated heterocycles. The molecule has 0 radical (unpaired) electrons. The molecule has 1 atom stereocenters. The molecule has 1 aromatic heterocycles. The molecule has 1 aliphatic rings. The number of carbonyl (C=O) groups is 1. The second-order valence-corrected chi connectivity index (χ2v) is 9.54. The standard InChI is InChI=1S/C20H23F4N3O5S/c1-14-5-6-17(32-14)19(29,20(22,23)24)7-8-25-18(28)26-9-11-27(12-10-26)33(30,31)16-4-2-3-15(21)13-16/h2-6,13,29H,7-12H2,1H3,(H,25,28). The van der Waals surface area contributed by atoms with Gasteiger partial charge < -0.3 is 19.7 Å². The molecule has 1 fully saturated rings. The molecule has 182 valence electrons. The van der Waals surface area contributed by atoms with Gasteiger partial charge in [-0.25, -0.2) is 17.6 Å². The van der Waals surface area contributed by atoms with Crippen molar-refractivity contribution in [2.75, 3.05) is 32.7 Å². The average molecular weight is 493 g/mol. The molecule has 1 aromatic carbocycles. The van der Waals surface area contributed by atoms with E-state index in [1.165, 1.54) is 30.0 Å². The number of furan rings is 1. The van der Waals surface area contributed by atoms with Crippen LogP contribution in [-0.4, -0.2) is 67.7 Å². The SMILES string of the molecule is Cc1ccc(C(O)(CCNC(=O)N2CCN(S(=O)(=O)c3cccc(F)c3)CC2)C(F)(F)F)o1. The summed E-state index contributed by atoms with van der Waals surface area (Å²) >= 11 is 0. The van der Waals surface area contributed by atoms with E-state index in [1.807, 2.05) is 0 Å². The van der Waals surface area contributed by atoms with Crippen LogP contribution in [-0.2, 0) is 15.6 Å². The minimum Gasteiger partial charge on any atom is -0.463 e. The number of benzene rings is 1. The van der Waals surface area contributed by atoms with Crippen LogP contribution >= 0.6 is 0 Å². The highest BCUT2D eigenvalue weighted by atomic mass is 32.2. The first-order chi connectivity index (χ1) is 15.3. The summed E-state index contributed by atoms with van der Waals surface area (Å²) in [6, 6.07) is 6.19. The van der Waals surface area contributed by atoms with Crippen LogP contribution in [0.5, 0.6) is 0 Å². The van der Waals surface area contributed by atoms with Gasteiger partial charge in [-0.1, -0.05) is 6.07 Å². The van der Waals surface area contributed by atoms with Gasteiger partial charge in [0, 0.05) is 39.1 Å². The Morgan fingerprint density at radius 1 is 1.15 bits per heavy atom. The van der Waals surface area contributed by atoms with Crippen LogP contribution in [0.15, 0.2) is 45.7 Å². The number of aliphatic hydroxyl groups is 1. The Labute approximate surface area is 187 Å². The molecule has 0 aliphatic carbocycles. The zero-order valence-electron chi connectivity index (χ0n) is 17.6. The second-order valence-electron chi connectivity index (χ2n) is 7.60. The summed E-state index contributed by atoms with van der Waals surface area (Å²) < 4.78 is 85.1. The van der Waals surface area contributed by atoms with E-state index in [9.17, 15) is 35.9 Å². The number of hydrogen-bond donors (Lipinski definition) is 2. The van der Waals surface area contributed by atoms with Crippen LogP contribution < -0.4 is 5.32 Å². The maximum atomic E-state index is 13.5. The van der Waals surface area contributed by atoms with Crippen molar-refractivity contribution in [3.63, 3.8) is 0 Å². The number of halogens is 4. The topological polar surface area (TPSA) is 103 Å². The normalized spacial score (nSPS) is 17.6. The van der Waals surface area contributed by atoms with Gasteiger partial charge in [-0.3, -0.25) is 0 Å². The van der Waals surface area contributed by atoms with Crippen molar-refractivity contribution in [2.24, 2.45) is 0 Å². The first kappa shape index (κ1) is 25.0. The summed E-state index contributed by atoms with van der Waals surface area (Å²) in [5, 5.41) is 12.5. The highest BCUT2D eigenvalue weighted by Crippen LogP contribution is 2.42. The molecule has 2 aromatic rings. The zero-order chi connectivity index (χ0) is 24.4. The molecule has 1 aliphatic heterocycles. The van der Waals surface area contributed by atoms with Gasteiger partial charge in [0.15, 0.2) is 0 Å². The van der Waals surface area contributed by atoms with Gasteiger partial charge in [0.25, 0.3) is 0 Å². The monoisotopic (exact) mass is 493 g/mol. The summed E-state index contributed by atoms with van der Waals surface area (Å²) in [6.07, 6.45) is -5.90. The molecule has 1 unspecified atom stereocenters. The minimum atomic E-state index is -5.03. The van der Waals surface area contributed by atoms with E-state index in [2.05, 4.69) is 5.32 Å². The molecule has 3 rings (SSSR count). The third-order valence-electron chi connectivity index (χ3n) is 5.34. The molecule has 0 bridgehead atoms. The summed E-state index contributed by atoms with van der Waals surface area (Å²) in [5.74, 6) is -1.17. The second kappa shape index (κ2) is 9.31. The number of piperazine rings is 1. The Morgan fingerprint density at radius 3 is 2.36 bits per heavy atom. The van der Waals surface area contributed by atoms with Gasteiger partial charge in [0.2, 0.25) is 15.6 Å². The average Bonchev–Trinajstić information content (AvgIpc) is 3.19. The molecule has 0 saturated carbocycles. The Hall–Kier alpha value is -2.64. The smallest absolute Gasteiger partial charge is 0.424 e. The highest BCUT2D eigenvalue weighted by Gasteiger charge is 2.56. The van der Waals surface area contributed by atoms with Gasteiger partial charge >= 0.3 is 12.2 Å². The highest BCUT2D eigenvalue weighted by molar-refractivity contribution is 7.89. The van der Waals surface area contributed by atoms with Crippen LogP contribution in [0.25, 0.3) is 0 Å². The number of nitrogens with zero attached hydrogens (tertiary/aromatic N) is 2. The lowest BCUT2D eigenvalue weighted by Gasteiger charge is -2.34. The molecular formula is C20H23F4N3O5S. The predicted molar refractivity (Wildman–Crippen MR) is 108 cm³/mol. The number of rotatable bonds is 6. The van der Waals surface area contributed by atoms with Crippen LogP contribution in [0.4, 0.5) is 22.4 Å². The van der Waals surface area contributed by atoms with Crippen molar-refractivity contribution in [1.29, 1.82) is 0 Å². The van der Waals surface area contributed by atoms with Gasteiger partial charge in [-0.05, 0) is 37.3 Å².